The summed E-state index contributed by atoms with van der Waals surface area (Å²) in [5, 5.41) is 8.46. The monoisotopic (exact) mass is 302 g/mol. The number of aryl methyl sites for hydroxylation is 1. The molecular weight excluding hydrogens is 280 g/mol. The smallest absolute Gasteiger partial charge is 0.234 e. The van der Waals surface area contributed by atoms with Gasteiger partial charge < -0.3 is 9.26 Å². The summed E-state index contributed by atoms with van der Waals surface area (Å²) >= 11 is 0. The van der Waals surface area contributed by atoms with Crippen molar-refractivity contribution in [2.75, 3.05) is 6.61 Å². The van der Waals surface area contributed by atoms with E-state index in [1.54, 1.807) is 4.68 Å². The molecule has 22 heavy (non-hydrogen) atoms. The summed E-state index contributed by atoms with van der Waals surface area (Å²) in [6.45, 7) is 2.89. The van der Waals surface area contributed by atoms with Crippen LogP contribution in [0.15, 0.2) is 16.9 Å². The standard InChI is InChI=1S/C16H22N4O2/c1-11(13-9-17-20(2)10-13)15-18-14(19-22-15)12-4-7-21-16(8-12)5-3-6-16/h9-12H,3-8H2,1-2H3. The third kappa shape index (κ3) is 2.35. The minimum atomic E-state index is 0.0763. The quantitative estimate of drug-likeness (QED) is 0.872. The molecule has 2 unspecified atom stereocenters. The van der Waals surface area contributed by atoms with E-state index < -0.39 is 0 Å². The summed E-state index contributed by atoms with van der Waals surface area (Å²) in [5.74, 6) is 1.97. The Kier molecular flexibility index (Phi) is 3.29. The van der Waals surface area contributed by atoms with E-state index in [0.717, 1.165) is 30.8 Å². The van der Waals surface area contributed by atoms with Crippen LogP contribution in [-0.2, 0) is 11.8 Å². The van der Waals surface area contributed by atoms with Gasteiger partial charge >= 0.3 is 0 Å². The van der Waals surface area contributed by atoms with Crippen LogP contribution in [0.2, 0.25) is 0 Å². The van der Waals surface area contributed by atoms with E-state index in [9.17, 15) is 0 Å². The molecule has 118 valence electrons. The number of rotatable bonds is 3. The molecule has 2 fully saturated rings. The average Bonchev–Trinajstić information content (AvgIpc) is 3.14. The van der Waals surface area contributed by atoms with Crippen molar-refractivity contribution in [2.24, 2.45) is 7.05 Å². The first-order chi connectivity index (χ1) is 10.7. The summed E-state index contributed by atoms with van der Waals surface area (Å²) in [6.07, 6.45) is 9.51. The van der Waals surface area contributed by atoms with Gasteiger partial charge in [0.1, 0.15) is 0 Å². The molecule has 1 aliphatic carbocycles. The van der Waals surface area contributed by atoms with Crippen molar-refractivity contribution >= 4 is 0 Å². The summed E-state index contributed by atoms with van der Waals surface area (Å²) < 4.78 is 13.3. The first-order valence-electron chi connectivity index (χ1n) is 8.11. The largest absolute Gasteiger partial charge is 0.375 e. The van der Waals surface area contributed by atoms with Crippen LogP contribution in [0.4, 0.5) is 0 Å². The third-order valence-corrected chi connectivity index (χ3v) is 5.18. The molecule has 4 rings (SSSR count). The molecule has 6 heteroatoms. The van der Waals surface area contributed by atoms with Gasteiger partial charge in [0.15, 0.2) is 5.82 Å². The van der Waals surface area contributed by atoms with Crippen molar-refractivity contribution in [2.45, 2.75) is 56.5 Å². The van der Waals surface area contributed by atoms with Crippen LogP contribution in [-0.4, -0.2) is 32.1 Å². The number of nitrogens with zero attached hydrogens (tertiary/aromatic N) is 4. The second-order valence-electron chi connectivity index (χ2n) is 6.73. The van der Waals surface area contributed by atoms with E-state index in [-0.39, 0.29) is 11.5 Å². The zero-order valence-corrected chi connectivity index (χ0v) is 13.2. The van der Waals surface area contributed by atoms with Crippen molar-refractivity contribution < 1.29 is 9.26 Å². The first-order valence-corrected chi connectivity index (χ1v) is 8.11. The van der Waals surface area contributed by atoms with Crippen LogP contribution in [0.1, 0.15) is 68.1 Å². The summed E-state index contributed by atoms with van der Waals surface area (Å²) in [6, 6.07) is 0. The van der Waals surface area contributed by atoms with Crippen LogP contribution in [0.3, 0.4) is 0 Å². The van der Waals surface area contributed by atoms with E-state index in [0.29, 0.717) is 11.8 Å². The molecule has 0 aromatic carbocycles. The first kappa shape index (κ1) is 13.9. The van der Waals surface area contributed by atoms with Crippen molar-refractivity contribution in [3.8, 4) is 0 Å². The molecule has 0 amide bonds. The normalized spacial score (nSPS) is 25.1. The SMILES string of the molecule is CC(c1cnn(C)c1)c1nc(C2CCOC3(CCC3)C2)no1. The zero-order valence-electron chi connectivity index (χ0n) is 13.2. The van der Waals surface area contributed by atoms with Crippen LogP contribution in [0.5, 0.6) is 0 Å². The van der Waals surface area contributed by atoms with Crippen molar-refractivity contribution in [3.63, 3.8) is 0 Å². The predicted molar refractivity (Wildman–Crippen MR) is 79.5 cm³/mol. The zero-order chi connectivity index (χ0) is 15.2. The molecular formula is C16H22N4O2. The van der Waals surface area contributed by atoms with Gasteiger partial charge in [-0.3, -0.25) is 4.68 Å². The molecule has 1 spiro atoms. The van der Waals surface area contributed by atoms with Crippen LogP contribution < -0.4 is 0 Å². The Balaban J connectivity index is 1.51. The van der Waals surface area contributed by atoms with Gasteiger partial charge in [0, 0.05) is 31.3 Å². The lowest BCUT2D eigenvalue weighted by atomic mass is 9.72. The number of ether oxygens (including phenoxy) is 1. The molecule has 1 saturated heterocycles. The number of aromatic nitrogens is 4. The highest BCUT2D eigenvalue weighted by atomic mass is 16.5. The van der Waals surface area contributed by atoms with Gasteiger partial charge in [0.25, 0.3) is 0 Å². The maximum absolute atomic E-state index is 5.98. The Morgan fingerprint density at radius 3 is 2.95 bits per heavy atom. The highest BCUT2D eigenvalue weighted by Gasteiger charge is 2.44. The molecule has 2 aromatic rings. The molecule has 3 heterocycles. The molecule has 0 radical (unpaired) electrons. The molecule has 2 aliphatic rings. The van der Waals surface area contributed by atoms with Gasteiger partial charge in [-0.1, -0.05) is 5.16 Å². The molecule has 2 aromatic heterocycles. The maximum atomic E-state index is 5.98. The minimum absolute atomic E-state index is 0.0763. The average molecular weight is 302 g/mol. The van der Waals surface area contributed by atoms with E-state index in [1.165, 1.54) is 19.3 Å². The highest BCUT2D eigenvalue weighted by Crippen LogP contribution is 2.46. The van der Waals surface area contributed by atoms with Crippen molar-refractivity contribution in [1.82, 2.24) is 19.9 Å². The lowest BCUT2D eigenvalue weighted by molar-refractivity contribution is -0.134. The van der Waals surface area contributed by atoms with Crippen molar-refractivity contribution in [3.05, 3.63) is 29.7 Å². The van der Waals surface area contributed by atoms with Crippen LogP contribution in [0, 0.1) is 0 Å². The lowest BCUT2D eigenvalue weighted by Gasteiger charge is -2.46. The molecule has 0 bridgehead atoms. The van der Waals surface area contributed by atoms with Crippen LogP contribution in [0.25, 0.3) is 0 Å². The fourth-order valence-electron chi connectivity index (χ4n) is 3.56. The number of hydrogen-bond donors (Lipinski definition) is 0. The van der Waals surface area contributed by atoms with Gasteiger partial charge in [0.2, 0.25) is 5.89 Å². The Morgan fingerprint density at radius 2 is 2.27 bits per heavy atom. The topological polar surface area (TPSA) is 66.0 Å². The highest BCUT2D eigenvalue weighted by molar-refractivity contribution is 5.18. The van der Waals surface area contributed by atoms with E-state index in [1.807, 2.05) is 19.4 Å². The molecule has 1 saturated carbocycles. The minimum Gasteiger partial charge on any atom is -0.375 e. The van der Waals surface area contributed by atoms with E-state index in [2.05, 4.69) is 22.2 Å². The van der Waals surface area contributed by atoms with E-state index >= 15 is 0 Å². The Bertz CT molecular complexity index is 659. The van der Waals surface area contributed by atoms with Gasteiger partial charge in [-0.15, -0.1) is 0 Å². The summed E-state index contributed by atoms with van der Waals surface area (Å²) in [5.41, 5.74) is 1.21. The molecule has 6 nitrogen and oxygen atoms in total. The second-order valence-corrected chi connectivity index (χ2v) is 6.73. The number of hydrogen-bond acceptors (Lipinski definition) is 5. The van der Waals surface area contributed by atoms with Gasteiger partial charge in [0.05, 0.1) is 17.7 Å². The molecule has 2 atom stereocenters. The molecule has 0 N–H and O–H groups in total. The Labute approximate surface area is 129 Å². The van der Waals surface area contributed by atoms with Crippen molar-refractivity contribution in [1.29, 1.82) is 0 Å². The lowest BCUT2D eigenvalue weighted by Crippen LogP contribution is -2.45. The third-order valence-electron chi connectivity index (χ3n) is 5.18. The van der Waals surface area contributed by atoms with Gasteiger partial charge in [-0.05, 0) is 39.0 Å². The Morgan fingerprint density at radius 1 is 1.41 bits per heavy atom. The summed E-state index contributed by atoms with van der Waals surface area (Å²) in [4.78, 5) is 4.67. The van der Waals surface area contributed by atoms with Gasteiger partial charge in [-0.25, -0.2) is 0 Å². The molecule has 1 aliphatic heterocycles. The van der Waals surface area contributed by atoms with Crippen LogP contribution >= 0.6 is 0 Å². The predicted octanol–water partition coefficient (Wildman–Crippen LogP) is 2.77. The van der Waals surface area contributed by atoms with E-state index in [4.69, 9.17) is 9.26 Å². The fraction of sp³-hybridized carbons (Fsp3) is 0.688. The fourth-order valence-corrected chi connectivity index (χ4v) is 3.56. The maximum Gasteiger partial charge on any atom is 0.234 e. The summed E-state index contributed by atoms with van der Waals surface area (Å²) in [7, 11) is 1.91. The van der Waals surface area contributed by atoms with Gasteiger partial charge in [-0.2, -0.15) is 10.1 Å². The Hall–Kier alpha value is -1.69. The second kappa shape index (κ2) is 5.19.